The van der Waals surface area contributed by atoms with Crippen LogP contribution in [-0.4, -0.2) is 31.2 Å². The Labute approximate surface area is 60.2 Å². The summed E-state index contributed by atoms with van der Waals surface area (Å²) in [6, 6.07) is 1.97. The molecule has 0 aromatic carbocycles. The zero-order valence-corrected chi connectivity index (χ0v) is 6.05. The van der Waals surface area contributed by atoms with Gasteiger partial charge >= 0.3 is 0 Å². The monoisotopic (exact) mass is 142 g/mol. The molecule has 0 aromatic rings. The van der Waals surface area contributed by atoms with Gasteiger partial charge in [0.15, 0.2) is 0 Å². The van der Waals surface area contributed by atoms with Crippen LogP contribution in [0.3, 0.4) is 0 Å². The molecule has 0 N–H and O–H groups in total. The van der Waals surface area contributed by atoms with Gasteiger partial charge in [-0.15, -0.1) is 0 Å². The number of halogens is 1. The molecule has 0 spiro atoms. The summed E-state index contributed by atoms with van der Waals surface area (Å²) < 4.78 is 12.8. The molecule has 1 fully saturated rings. The van der Waals surface area contributed by atoms with E-state index in [4.69, 9.17) is 5.26 Å². The van der Waals surface area contributed by atoms with Crippen LogP contribution in [0.4, 0.5) is 4.39 Å². The average Bonchev–Trinajstić information content (AvgIpc) is 1.94. The van der Waals surface area contributed by atoms with E-state index in [1.807, 2.05) is 18.0 Å². The third-order valence-corrected chi connectivity index (χ3v) is 1.90. The Bertz CT molecular complexity index is 152. The highest BCUT2D eigenvalue weighted by Gasteiger charge is 2.26. The molecule has 0 saturated carbocycles. The molecule has 0 radical (unpaired) electrons. The number of piperidine rings is 1. The van der Waals surface area contributed by atoms with Crippen molar-refractivity contribution in [3.63, 3.8) is 0 Å². The summed E-state index contributed by atoms with van der Waals surface area (Å²) >= 11 is 0. The molecule has 0 aromatic heterocycles. The summed E-state index contributed by atoms with van der Waals surface area (Å²) in [4.78, 5) is 1.99. The summed E-state index contributed by atoms with van der Waals surface area (Å²) in [7, 11) is 1.91. The lowest BCUT2D eigenvalue weighted by Gasteiger charge is -2.28. The molecule has 0 amide bonds. The van der Waals surface area contributed by atoms with Crippen LogP contribution in [0.25, 0.3) is 0 Å². The van der Waals surface area contributed by atoms with E-state index in [9.17, 15) is 4.39 Å². The van der Waals surface area contributed by atoms with Gasteiger partial charge in [-0.05, 0) is 13.5 Å². The van der Waals surface area contributed by atoms with E-state index in [-0.39, 0.29) is 0 Å². The minimum Gasteiger partial charge on any atom is -0.305 e. The second-order valence-electron chi connectivity index (χ2n) is 2.80. The molecule has 0 bridgehead atoms. The van der Waals surface area contributed by atoms with E-state index in [0.717, 1.165) is 6.54 Å². The standard InChI is InChI=1S/C7H11FN2/c1-10-3-2-7(8)6(4-9)5-10/h6-7H,2-3,5H2,1H3/t6-,7+/m1/s1. The molecule has 1 rings (SSSR count). The van der Waals surface area contributed by atoms with Crippen LogP contribution < -0.4 is 0 Å². The lowest BCUT2D eigenvalue weighted by molar-refractivity contribution is 0.135. The predicted octanol–water partition coefficient (Wildman–Crippen LogP) is 0.800. The number of alkyl halides is 1. The number of nitrogens with zero attached hydrogens (tertiary/aromatic N) is 2. The van der Waals surface area contributed by atoms with Crippen LogP contribution in [0.1, 0.15) is 6.42 Å². The SMILES string of the molecule is CN1CC[C@H](F)[C@H](C#N)C1. The van der Waals surface area contributed by atoms with Crippen molar-refractivity contribution in [1.82, 2.24) is 4.90 Å². The summed E-state index contributed by atoms with van der Waals surface area (Å²) in [5, 5.41) is 8.46. The molecule has 1 saturated heterocycles. The first-order valence-corrected chi connectivity index (χ1v) is 3.46. The quantitative estimate of drug-likeness (QED) is 0.500. The Morgan fingerprint density at radius 2 is 2.40 bits per heavy atom. The Kier molecular flexibility index (Phi) is 2.23. The molecular weight excluding hydrogens is 131 g/mol. The lowest BCUT2D eigenvalue weighted by atomic mass is 9.98. The maximum atomic E-state index is 12.8. The van der Waals surface area contributed by atoms with Crippen molar-refractivity contribution in [2.24, 2.45) is 5.92 Å². The van der Waals surface area contributed by atoms with Crippen LogP contribution in [0.15, 0.2) is 0 Å². The van der Waals surface area contributed by atoms with Crippen LogP contribution in [-0.2, 0) is 0 Å². The molecule has 3 heteroatoms. The summed E-state index contributed by atoms with van der Waals surface area (Å²) in [6.45, 7) is 1.36. The minimum absolute atomic E-state index is 0.404. The first-order chi connectivity index (χ1) is 4.74. The number of rotatable bonds is 0. The van der Waals surface area contributed by atoms with Gasteiger partial charge in [-0.1, -0.05) is 0 Å². The fraction of sp³-hybridized carbons (Fsp3) is 0.857. The zero-order valence-electron chi connectivity index (χ0n) is 6.05. The van der Waals surface area contributed by atoms with E-state index in [0.29, 0.717) is 13.0 Å². The van der Waals surface area contributed by atoms with Crippen LogP contribution >= 0.6 is 0 Å². The normalized spacial score (nSPS) is 35.3. The Balaban J connectivity index is 2.47. The molecule has 56 valence electrons. The Morgan fingerprint density at radius 3 is 2.90 bits per heavy atom. The first kappa shape index (κ1) is 7.49. The largest absolute Gasteiger partial charge is 0.305 e. The van der Waals surface area contributed by atoms with Gasteiger partial charge in [-0.3, -0.25) is 0 Å². The van der Waals surface area contributed by atoms with Gasteiger partial charge in [0.2, 0.25) is 0 Å². The molecule has 1 aliphatic heterocycles. The van der Waals surface area contributed by atoms with Crippen molar-refractivity contribution >= 4 is 0 Å². The molecular formula is C7H11FN2. The van der Waals surface area contributed by atoms with E-state index in [2.05, 4.69) is 0 Å². The Hall–Kier alpha value is -0.620. The van der Waals surface area contributed by atoms with Gasteiger partial charge in [0.1, 0.15) is 6.17 Å². The second kappa shape index (κ2) is 2.98. The maximum absolute atomic E-state index is 12.8. The van der Waals surface area contributed by atoms with Gasteiger partial charge < -0.3 is 4.90 Å². The van der Waals surface area contributed by atoms with Gasteiger partial charge in [0, 0.05) is 13.1 Å². The highest BCUT2D eigenvalue weighted by molar-refractivity contribution is 4.93. The summed E-state index contributed by atoms with van der Waals surface area (Å²) in [5.41, 5.74) is 0. The zero-order chi connectivity index (χ0) is 7.56. The predicted molar refractivity (Wildman–Crippen MR) is 36.1 cm³/mol. The van der Waals surface area contributed by atoms with Crippen molar-refractivity contribution < 1.29 is 4.39 Å². The van der Waals surface area contributed by atoms with Crippen molar-refractivity contribution in [3.05, 3.63) is 0 Å². The number of likely N-dealkylation sites (tertiary alicyclic amines) is 1. The van der Waals surface area contributed by atoms with Crippen LogP contribution in [0.2, 0.25) is 0 Å². The molecule has 0 unspecified atom stereocenters. The summed E-state index contributed by atoms with van der Waals surface area (Å²) in [6.07, 6.45) is -0.393. The molecule has 0 aliphatic carbocycles. The van der Waals surface area contributed by atoms with Crippen molar-refractivity contribution in [1.29, 1.82) is 5.26 Å². The van der Waals surface area contributed by atoms with E-state index in [1.165, 1.54) is 0 Å². The highest BCUT2D eigenvalue weighted by atomic mass is 19.1. The van der Waals surface area contributed by atoms with Crippen molar-refractivity contribution in [2.75, 3.05) is 20.1 Å². The number of hydrogen-bond donors (Lipinski definition) is 0. The average molecular weight is 142 g/mol. The molecule has 10 heavy (non-hydrogen) atoms. The van der Waals surface area contributed by atoms with Crippen molar-refractivity contribution in [2.45, 2.75) is 12.6 Å². The van der Waals surface area contributed by atoms with Crippen LogP contribution in [0.5, 0.6) is 0 Å². The van der Waals surface area contributed by atoms with Gasteiger partial charge in [0.05, 0.1) is 12.0 Å². The maximum Gasteiger partial charge on any atom is 0.118 e. The van der Waals surface area contributed by atoms with E-state index >= 15 is 0 Å². The third-order valence-electron chi connectivity index (χ3n) is 1.90. The second-order valence-corrected chi connectivity index (χ2v) is 2.80. The molecule has 1 aliphatic rings. The molecule has 2 atom stereocenters. The topological polar surface area (TPSA) is 27.0 Å². The van der Waals surface area contributed by atoms with Gasteiger partial charge in [0.25, 0.3) is 0 Å². The molecule has 2 nitrogen and oxygen atoms in total. The Morgan fingerprint density at radius 1 is 1.70 bits per heavy atom. The molecule has 1 heterocycles. The van der Waals surface area contributed by atoms with E-state index < -0.39 is 12.1 Å². The minimum atomic E-state index is -0.902. The van der Waals surface area contributed by atoms with Gasteiger partial charge in [-0.2, -0.15) is 5.26 Å². The first-order valence-electron chi connectivity index (χ1n) is 3.46. The highest BCUT2D eigenvalue weighted by Crippen LogP contribution is 2.17. The third kappa shape index (κ3) is 1.45. The summed E-state index contributed by atoms with van der Waals surface area (Å²) in [5.74, 6) is -0.404. The number of hydrogen-bond acceptors (Lipinski definition) is 2. The van der Waals surface area contributed by atoms with Gasteiger partial charge in [-0.25, -0.2) is 4.39 Å². The number of nitriles is 1. The lowest BCUT2D eigenvalue weighted by Crippen LogP contribution is -2.38. The smallest absolute Gasteiger partial charge is 0.118 e. The van der Waals surface area contributed by atoms with Crippen molar-refractivity contribution in [3.8, 4) is 6.07 Å². The fourth-order valence-corrected chi connectivity index (χ4v) is 1.21. The fourth-order valence-electron chi connectivity index (χ4n) is 1.21. The van der Waals surface area contributed by atoms with E-state index in [1.54, 1.807) is 0 Å². The van der Waals surface area contributed by atoms with Crippen LogP contribution in [0, 0.1) is 17.2 Å².